The lowest BCUT2D eigenvalue weighted by molar-refractivity contribution is 0.660. The standard InChI is InChI=1S/C87H66N4/c1-85(2)77-45-55(27-29-57-33-39-71-73-41-35-61(51-81(73)86(3,4)79(71)47-57)90(63-19-15-43-88-53-63)83-49-59-17-7-9-21-65(59)67-23-11-13-25-75(67)83)31-37-69(77)70-38-32-56(46-78(70)85)28-30-58-34-40-72-74-42-36-62(52-82(74)87(5,6)80(72)48-58)91(64-20-16-44-89-54-64)84-50-60-18-8-10-22-66(60)68-24-12-14-26-76(68)84/h7-54H,1-6H3. The predicted molar refractivity (Wildman–Crippen MR) is 385 cm³/mol. The molecule has 0 N–H and O–H groups in total. The molecule has 434 valence electrons. The quantitative estimate of drug-likeness (QED) is 0.101. The van der Waals surface area contributed by atoms with Crippen LogP contribution in [0.25, 0.3) is 101 Å². The highest BCUT2D eigenvalue weighted by Gasteiger charge is 2.39. The first kappa shape index (κ1) is 54.2. The van der Waals surface area contributed by atoms with Gasteiger partial charge in [0.2, 0.25) is 0 Å². The third-order valence-corrected chi connectivity index (χ3v) is 20.3. The second kappa shape index (κ2) is 20.6. The molecule has 0 spiro atoms. The second-order valence-electron chi connectivity index (χ2n) is 26.6. The molecule has 0 saturated heterocycles. The van der Waals surface area contributed by atoms with E-state index >= 15 is 0 Å². The number of benzene rings is 12. The van der Waals surface area contributed by atoms with E-state index < -0.39 is 0 Å². The van der Waals surface area contributed by atoms with Gasteiger partial charge in [-0.15, -0.1) is 0 Å². The monoisotopic (exact) mass is 1170 g/mol. The first-order valence-electron chi connectivity index (χ1n) is 31.8. The van der Waals surface area contributed by atoms with Gasteiger partial charge in [-0.05, 0) is 182 Å². The van der Waals surface area contributed by atoms with E-state index in [1.807, 2.05) is 36.9 Å². The van der Waals surface area contributed by atoms with Crippen molar-refractivity contribution < 1.29 is 0 Å². The van der Waals surface area contributed by atoms with Gasteiger partial charge in [0, 0.05) is 50.8 Å². The van der Waals surface area contributed by atoms with Crippen molar-refractivity contribution in [3.8, 4) is 33.4 Å². The molecule has 2 aromatic heterocycles. The summed E-state index contributed by atoms with van der Waals surface area (Å²) in [6, 6.07) is 90.2. The summed E-state index contributed by atoms with van der Waals surface area (Å²) in [7, 11) is 0. The molecule has 0 fully saturated rings. The Hall–Kier alpha value is -10.9. The van der Waals surface area contributed by atoms with E-state index in [2.05, 4.69) is 316 Å². The van der Waals surface area contributed by atoms with Crippen LogP contribution in [0.2, 0.25) is 0 Å². The highest BCUT2D eigenvalue weighted by Crippen LogP contribution is 2.55. The van der Waals surface area contributed by atoms with Crippen LogP contribution >= 0.6 is 0 Å². The summed E-state index contributed by atoms with van der Waals surface area (Å²) in [4.78, 5) is 14.0. The lowest BCUT2D eigenvalue weighted by atomic mass is 9.81. The zero-order valence-electron chi connectivity index (χ0n) is 52.0. The molecule has 0 aliphatic heterocycles. The van der Waals surface area contributed by atoms with Crippen molar-refractivity contribution in [2.45, 2.75) is 57.8 Å². The Balaban J connectivity index is 0.624. The van der Waals surface area contributed by atoms with Crippen molar-refractivity contribution in [2.75, 3.05) is 9.80 Å². The Morgan fingerprint density at radius 1 is 0.264 bits per heavy atom. The number of aromatic nitrogens is 2. The van der Waals surface area contributed by atoms with E-state index in [9.17, 15) is 0 Å². The minimum absolute atomic E-state index is 0.176. The number of hydrogen-bond donors (Lipinski definition) is 0. The molecule has 0 radical (unpaired) electrons. The summed E-state index contributed by atoms with van der Waals surface area (Å²) >= 11 is 0. The normalized spacial score (nSPS) is 14.4. The number of fused-ring (bicyclic) bond motifs is 15. The summed E-state index contributed by atoms with van der Waals surface area (Å²) in [5, 5.41) is 9.82. The van der Waals surface area contributed by atoms with Gasteiger partial charge in [-0.2, -0.15) is 0 Å². The van der Waals surface area contributed by atoms with Crippen LogP contribution in [0.5, 0.6) is 0 Å². The molecule has 0 unspecified atom stereocenters. The summed E-state index contributed by atoms with van der Waals surface area (Å²) in [5.41, 5.74) is 26.6. The average Bonchev–Trinajstić information content (AvgIpc) is 1.67. The van der Waals surface area contributed by atoms with Crippen LogP contribution in [-0.4, -0.2) is 9.97 Å². The molecule has 3 aliphatic rings. The third-order valence-electron chi connectivity index (χ3n) is 20.3. The molecular formula is C87H66N4. The minimum atomic E-state index is -0.231. The predicted octanol–water partition coefficient (Wildman–Crippen LogP) is 23.3. The molecule has 14 aromatic rings. The number of anilines is 6. The van der Waals surface area contributed by atoms with E-state index in [-0.39, 0.29) is 16.2 Å². The van der Waals surface area contributed by atoms with Gasteiger partial charge in [0.15, 0.2) is 0 Å². The maximum Gasteiger partial charge on any atom is 0.0645 e. The van der Waals surface area contributed by atoms with E-state index in [0.717, 1.165) is 34.1 Å². The molecule has 0 saturated carbocycles. The van der Waals surface area contributed by atoms with Crippen molar-refractivity contribution in [2.24, 2.45) is 0 Å². The molecule has 4 heteroatoms. The number of rotatable bonds is 10. The molecule has 0 atom stereocenters. The fourth-order valence-electron chi connectivity index (χ4n) is 15.6. The topological polar surface area (TPSA) is 32.3 Å². The van der Waals surface area contributed by atoms with Gasteiger partial charge in [-0.3, -0.25) is 9.97 Å². The maximum absolute atomic E-state index is 4.62. The third kappa shape index (κ3) is 8.64. The highest BCUT2D eigenvalue weighted by molar-refractivity contribution is 6.16. The van der Waals surface area contributed by atoms with Gasteiger partial charge in [0.1, 0.15) is 0 Å². The van der Waals surface area contributed by atoms with Gasteiger partial charge >= 0.3 is 0 Å². The lowest BCUT2D eigenvalue weighted by Gasteiger charge is -2.29. The summed E-state index contributed by atoms with van der Waals surface area (Å²) < 4.78 is 0. The van der Waals surface area contributed by atoms with Crippen LogP contribution in [0.15, 0.2) is 267 Å². The molecular weight excluding hydrogens is 1100 g/mol. The largest absolute Gasteiger partial charge is 0.308 e. The van der Waals surface area contributed by atoms with Crippen LogP contribution in [0, 0.1) is 0 Å². The Labute approximate surface area is 532 Å². The highest BCUT2D eigenvalue weighted by atomic mass is 15.2. The number of hydrogen-bond acceptors (Lipinski definition) is 4. The van der Waals surface area contributed by atoms with Gasteiger partial charge in [-0.1, -0.05) is 248 Å². The van der Waals surface area contributed by atoms with Crippen molar-refractivity contribution >= 4 is 102 Å². The van der Waals surface area contributed by atoms with Gasteiger partial charge in [-0.25, -0.2) is 0 Å². The van der Waals surface area contributed by atoms with Crippen LogP contribution < -0.4 is 9.80 Å². The van der Waals surface area contributed by atoms with Crippen molar-refractivity contribution in [1.29, 1.82) is 0 Å². The van der Waals surface area contributed by atoms with Crippen LogP contribution in [0.1, 0.15) is 97.2 Å². The minimum Gasteiger partial charge on any atom is -0.308 e. The molecule has 4 nitrogen and oxygen atoms in total. The average molecular weight is 1170 g/mol. The zero-order chi connectivity index (χ0) is 61.3. The van der Waals surface area contributed by atoms with Gasteiger partial charge in [0.05, 0.1) is 35.1 Å². The van der Waals surface area contributed by atoms with Crippen molar-refractivity contribution in [3.63, 3.8) is 0 Å². The Morgan fingerprint density at radius 2 is 0.560 bits per heavy atom. The Morgan fingerprint density at radius 3 is 0.890 bits per heavy atom. The van der Waals surface area contributed by atoms with Gasteiger partial charge < -0.3 is 9.80 Å². The summed E-state index contributed by atoms with van der Waals surface area (Å²) in [5.74, 6) is 0. The van der Waals surface area contributed by atoms with Crippen LogP contribution in [-0.2, 0) is 16.2 Å². The van der Waals surface area contributed by atoms with Crippen molar-refractivity contribution in [3.05, 3.63) is 323 Å². The fraction of sp³-hybridized carbons (Fsp3) is 0.103. The SMILES string of the molecule is CC1(C)c2cc(C=Cc3ccc4c(c3)C(C)(C)c3cc(N(c5cccnc5)c5cc6ccccc6c6ccccc56)ccc3-4)ccc2-c2ccc(C=Cc3ccc4c(c3)C(C)(C)c3cc(N(c5cccnc5)c5cc6ccccc6c6ccccc56)ccc3-4)cc21. The molecule has 17 rings (SSSR count). The Bertz CT molecular complexity index is 5060. The van der Waals surface area contributed by atoms with Crippen molar-refractivity contribution in [1.82, 2.24) is 9.97 Å². The van der Waals surface area contributed by atoms with Crippen LogP contribution in [0.3, 0.4) is 0 Å². The maximum atomic E-state index is 4.62. The number of nitrogens with zero attached hydrogens (tertiary/aromatic N) is 4. The molecule has 0 amide bonds. The summed E-state index contributed by atoms with van der Waals surface area (Å²) in [6.45, 7) is 14.3. The fourth-order valence-corrected chi connectivity index (χ4v) is 15.6. The van der Waals surface area contributed by atoms with E-state index in [1.165, 1.54) is 132 Å². The zero-order valence-corrected chi connectivity index (χ0v) is 52.0. The molecule has 12 aromatic carbocycles. The number of pyridine rings is 2. The molecule has 91 heavy (non-hydrogen) atoms. The molecule has 0 bridgehead atoms. The first-order chi connectivity index (χ1) is 44.4. The molecule has 2 heterocycles. The van der Waals surface area contributed by atoms with E-state index in [4.69, 9.17) is 0 Å². The Kier molecular flexibility index (Phi) is 12.3. The second-order valence-corrected chi connectivity index (χ2v) is 26.6. The van der Waals surface area contributed by atoms with Gasteiger partial charge in [0.25, 0.3) is 0 Å². The molecule has 3 aliphatic carbocycles. The first-order valence-corrected chi connectivity index (χ1v) is 31.8. The lowest BCUT2D eigenvalue weighted by Crippen LogP contribution is -2.17. The van der Waals surface area contributed by atoms with E-state index in [0.29, 0.717) is 0 Å². The smallest absolute Gasteiger partial charge is 0.0645 e. The van der Waals surface area contributed by atoms with Crippen LogP contribution in [0.4, 0.5) is 34.1 Å². The summed E-state index contributed by atoms with van der Waals surface area (Å²) in [6.07, 6.45) is 16.8. The van der Waals surface area contributed by atoms with E-state index in [1.54, 1.807) is 0 Å².